The number of morpholine rings is 1. The molecule has 1 aliphatic carbocycles. The summed E-state index contributed by atoms with van der Waals surface area (Å²) in [6.45, 7) is 2.78. The first kappa shape index (κ1) is 18.6. The molecule has 4 rings (SSSR count). The first-order valence-corrected chi connectivity index (χ1v) is 9.65. The number of ether oxygens (including phenoxy) is 1. The summed E-state index contributed by atoms with van der Waals surface area (Å²) >= 11 is 0. The van der Waals surface area contributed by atoms with Gasteiger partial charge in [-0.05, 0) is 26.2 Å². The SMILES string of the molecule is Cc1ncc(C(=O)N2CCO[C@@H]3CC[C@H](C(N)=O)C[C@H]32)c(-c2ccccc2)n1. The van der Waals surface area contributed by atoms with Crippen LogP contribution in [-0.2, 0) is 9.53 Å². The topological polar surface area (TPSA) is 98.4 Å². The van der Waals surface area contributed by atoms with Crippen molar-refractivity contribution in [1.82, 2.24) is 14.9 Å². The summed E-state index contributed by atoms with van der Waals surface area (Å²) in [5, 5.41) is 0. The fourth-order valence-corrected chi connectivity index (χ4v) is 4.22. The Morgan fingerprint density at radius 1 is 1.21 bits per heavy atom. The van der Waals surface area contributed by atoms with E-state index >= 15 is 0 Å². The molecule has 0 radical (unpaired) electrons. The standard InChI is InChI=1S/C21H24N4O3/c1-13-23-12-16(19(24-13)14-5-3-2-4-6-14)21(27)25-9-10-28-18-8-7-15(20(22)26)11-17(18)25/h2-6,12,15,17-18H,7-11H2,1H3,(H2,22,26)/t15-,17+,18+/m0/s1. The third kappa shape index (κ3) is 3.49. The minimum atomic E-state index is -0.305. The zero-order valence-corrected chi connectivity index (χ0v) is 15.9. The summed E-state index contributed by atoms with van der Waals surface area (Å²) in [4.78, 5) is 35.9. The third-order valence-corrected chi connectivity index (χ3v) is 5.67. The number of aryl methyl sites for hydroxylation is 1. The number of hydrogen-bond acceptors (Lipinski definition) is 5. The summed E-state index contributed by atoms with van der Waals surface area (Å²) in [6, 6.07) is 9.48. The first-order chi connectivity index (χ1) is 13.5. The maximum Gasteiger partial charge on any atom is 0.258 e. The number of nitrogens with zero attached hydrogens (tertiary/aromatic N) is 3. The summed E-state index contributed by atoms with van der Waals surface area (Å²) in [5.74, 6) is -0.0369. The van der Waals surface area contributed by atoms with Crippen molar-refractivity contribution in [3.8, 4) is 11.3 Å². The number of primary amides is 1. The van der Waals surface area contributed by atoms with Crippen LogP contribution < -0.4 is 5.73 Å². The van der Waals surface area contributed by atoms with Gasteiger partial charge in [0.15, 0.2) is 0 Å². The van der Waals surface area contributed by atoms with E-state index in [0.717, 1.165) is 12.0 Å². The molecule has 2 N–H and O–H groups in total. The van der Waals surface area contributed by atoms with E-state index in [4.69, 9.17) is 10.5 Å². The van der Waals surface area contributed by atoms with Crippen LogP contribution in [0, 0.1) is 12.8 Å². The number of benzene rings is 1. The molecule has 1 aromatic heterocycles. The van der Waals surface area contributed by atoms with Crippen molar-refractivity contribution in [3.05, 3.63) is 47.9 Å². The minimum Gasteiger partial charge on any atom is -0.374 e. The number of fused-ring (bicyclic) bond motifs is 1. The van der Waals surface area contributed by atoms with E-state index in [1.807, 2.05) is 42.2 Å². The van der Waals surface area contributed by atoms with E-state index in [0.29, 0.717) is 43.1 Å². The van der Waals surface area contributed by atoms with Crippen molar-refractivity contribution >= 4 is 11.8 Å². The van der Waals surface area contributed by atoms with E-state index in [-0.39, 0.29) is 29.9 Å². The second-order valence-corrected chi connectivity index (χ2v) is 7.43. The summed E-state index contributed by atoms with van der Waals surface area (Å²) in [6.07, 6.45) is 3.53. The van der Waals surface area contributed by atoms with Crippen molar-refractivity contribution in [1.29, 1.82) is 0 Å². The molecule has 3 atom stereocenters. The van der Waals surface area contributed by atoms with Crippen molar-refractivity contribution in [2.45, 2.75) is 38.3 Å². The Kier molecular flexibility index (Phi) is 5.09. The summed E-state index contributed by atoms with van der Waals surface area (Å²) < 4.78 is 5.88. The highest BCUT2D eigenvalue weighted by molar-refractivity contribution is 6.00. The van der Waals surface area contributed by atoms with Crippen molar-refractivity contribution in [3.63, 3.8) is 0 Å². The number of aromatic nitrogens is 2. The molecule has 1 aromatic carbocycles. The molecule has 146 valence electrons. The molecular weight excluding hydrogens is 356 g/mol. The Balaban J connectivity index is 1.68. The molecule has 28 heavy (non-hydrogen) atoms. The van der Waals surface area contributed by atoms with Gasteiger partial charge in [0, 0.05) is 24.2 Å². The Labute approximate surface area is 163 Å². The summed E-state index contributed by atoms with van der Waals surface area (Å²) in [7, 11) is 0. The predicted molar refractivity (Wildman–Crippen MR) is 103 cm³/mol. The highest BCUT2D eigenvalue weighted by Crippen LogP contribution is 2.34. The van der Waals surface area contributed by atoms with Crippen LogP contribution in [0.1, 0.15) is 35.4 Å². The molecule has 0 bridgehead atoms. The van der Waals surface area contributed by atoms with Gasteiger partial charge < -0.3 is 15.4 Å². The number of amides is 2. The van der Waals surface area contributed by atoms with Crippen LogP contribution in [0.5, 0.6) is 0 Å². The lowest BCUT2D eigenvalue weighted by molar-refractivity contribution is -0.128. The number of carbonyl (C=O) groups is 2. The second kappa shape index (κ2) is 7.67. The van der Waals surface area contributed by atoms with Crippen LogP contribution in [0.2, 0.25) is 0 Å². The van der Waals surface area contributed by atoms with Gasteiger partial charge in [0.25, 0.3) is 5.91 Å². The average Bonchev–Trinajstić information content (AvgIpc) is 2.73. The molecule has 2 heterocycles. The van der Waals surface area contributed by atoms with Gasteiger partial charge in [-0.2, -0.15) is 0 Å². The van der Waals surface area contributed by atoms with Gasteiger partial charge in [0.05, 0.1) is 30.0 Å². The van der Waals surface area contributed by atoms with E-state index in [1.54, 1.807) is 6.20 Å². The lowest BCUT2D eigenvalue weighted by Crippen LogP contribution is -2.57. The van der Waals surface area contributed by atoms with Gasteiger partial charge in [0.1, 0.15) is 5.82 Å². The highest BCUT2D eigenvalue weighted by atomic mass is 16.5. The molecule has 1 saturated carbocycles. The third-order valence-electron chi connectivity index (χ3n) is 5.67. The largest absolute Gasteiger partial charge is 0.374 e. The molecule has 1 saturated heterocycles. The smallest absolute Gasteiger partial charge is 0.258 e. The van der Waals surface area contributed by atoms with Gasteiger partial charge in [0.2, 0.25) is 5.91 Å². The molecule has 7 heteroatoms. The Morgan fingerprint density at radius 2 is 2.00 bits per heavy atom. The molecular formula is C21H24N4O3. The van der Waals surface area contributed by atoms with Crippen LogP contribution in [0.15, 0.2) is 36.5 Å². The zero-order valence-electron chi connectivity index (χ0n) is 15.9. The molecule has 2 fully saturated rings. The van der Waals surface area contributed by atoms with Crippen molar-refractivity contribution < 1.29 is 14.3 Å². The maximum absolute atomic E-state index is 13.5. The zero-order chi connectivity index (χ0) is 19.7. The molecule has 0 spiro atoms. The van der Waals surface area contributed by atoms with Crippen molar-refractivity contribution in [2.24, 2.45) is 11.7 Å². The Hall–Kier alpha value is -2.80. The minimum absolute atomic E-state index is 0.0557. The van der Waals surface area contributed by atoms with Gasteiger partial charge in [-0.1, -0.05) is 30.3 Å². The van der Waals surface area contributed by atoms with E-state index in [1.165, 1.54) is 0 Å². The number of carbonyl (C=O) groups excluding carboxylic acids is 2. The Morgan fingerprint density at radius 3 is 2.75 bits per heavy atom. The molecule has 2 aliphatic rings. The normalized spacial score (nSPS) is 24.5. The quantitative estimate of drug-likeness (QED) is 0.877. The van der Waals surface area contributed by atoms with E-state index in [2.05, 4.69) is 9.97 Å². The van der Waals surface area contributed by atoms with E-state index in [9.17, 15) is 9.59 Å². The molecule has 2 aromatic rings. The fourth-order valence-electron chi connectivity index (χ4n) is 4.22. The lowest BCUT2D eigenvalue weighted by Gasteiger charge is -2.45. The van der Waals surface area contributed by atoms with Gasteiger partial charge in [-0.25, -0.2) is 9.97 Å². The highest BCUT2D eigenvalue weighted by Gasteiger charge is 2.42. The Bertz CT molecular complexity index is 886. The van der Waals surface area contributed by atoms with Crippen LogP contribution >= 0.6 is 0 Å². The summed E-state index contributed by atoms with van der Waals surface area (Å²) in [5.41, 5.74) is 7.51. The molecule has 7 nitrogen and oxygen atoms in total. The second-order valence-electron chi connectivity index (χ2n) is 7.43. The lowest BCUT2D eigenvalue weighted by atomic mass is 9.81. The maximum atomic E-state index is 13.5. The number of rotatable bonds is 3. The molecule has 0 unspecified atom stereocenters. The predicted octanol–water partition coefficient (Wildman–Crippen LogP) is 1.95. The molecule has 2 amide bonds. The van der Waals surface area contributed by atoms with E-state index < -0.39 is 0 Å². The van der Waals surface area contributed by atoms with Gasteiger partial charge in [-0.15, -0.1) is 0 Å². The van der Waals surface area contributed by atoms with Crippen LogP contribution in [0.3, 0.4) is 0 Å². The first-order valence-electron chi connectivity index (χ1n) is 9.65. The molecule has 1 aliphatic heterocycles. The number of nitrogens with two attached hydrogens (primary N) is 1. The van der Waals surface area contributed by atoms with Crippen LogP contribution in [-0.4, -0.2) is 52.0 Å². The average molecular weight is 380 g/mol. The van der Waals surface area contributed by atoms with Gasteiger partial charge in [-0.3, -0.25) is 9.59 Å². The fraction of sp³-hybridized carbons (Fsp3) is 0.429. The van der Waals surface area contributed by atoms with Crippen molar-refractivity contribution in [2.75, 3.05) is 13.2 Å². The van der Waals surface area contributed by atoms with Crippen LogP contribution in [0.25, 0.3) is 11.3 Å². The monoisotopic (exact) mass is 380 g/mol. The van der Waals surface area contributed by atoms with Crippen LogP contribution in [0.4, 0.5) is 0 Å². The number of hydrogen-bond donors (Lipinski definition) is 1. The van der Waals surface area contributed by atoms with Gasteiger partial charge >= 0.3 is 0 Å².